The molecule has 0 bridgehead atoms. The van der Waals surface area contributed by atoms with Crippen LogP contribution in [0.3, 0.4) is 0 Å². The maximum Gasteiger partial charge on any atom is 0.257 e. The van der Waals surface area contributed by atoms with E-state index in [0.29, 0.717) is 24.4 Å². The van der Waals surface area contributed by atoms with Crippen molar-refractivity contribution in [2.24, 2.45) is 0 Å². The molecule has 1 N–H and O–H groups in total. The van der Waals surface area contributed by atoms with Crippen molar-refractivity contribution in [3.63, 3.8) is 0 Å². The van der Waals surface area contributed by atoms with Gasteiger partial charge in [-0.25, -0.2) is 0 Å². The predicted molar refractivity (Wildman–Crippen MR) is 73.5 cm³/mol. The summed E-state index contributed by atoms with van der Waals surface area (Å²) in [4.78, 5) is 14.3. The summed E-state index contributed by atoms with van der Waals surface area (Å²) in [6.45, 7) is 4.79. The van der Waals surface area contributed by atoms with Gasteiger partial charge in [0.1, 0.15) is 5.75 Å². The van der Waals surface area contributed by atoms with Gasteiger partial charge in [0.05, 0.1) is 18.3 Å². The first-order valence-electron chi connectivity index (χ1n) is 6.59. The van der Waals surface area contributed by atoms with E-state index in [4.69, 9.17) is 4.74 Å². The van der Waals surface area contributed by atoms with E-state index in [1.165, 1.54) is 0 Å². The minimum absolute atomic E-state index is 0.0690. The molecule has 2 rings (SSSR count). The summed E-state index contributed by atoms with van der Waals surface area (Å²) in [5, 5.41) is 10.1. The van der Waals surface area contributed by atoms with Crippen LogP contribution < -0.4 is 4.74 Å². The van der Waals surface area contributed by atoms with Crippen molar-refractivity contribution in [1.29, 1.82) is 0 Å². The van der Waals surface area contributed by atoms with E-state index in [9.17, 15) is 9.90 Å². The van der Waals surface area contributed by atoms with E-state index in [-0.39, 0.29) is 5.91 Å². The Morgan fingerprint density at radius 1 is 1.47 bits per heavy atom. The van der Waals surface area contributed by atoms with Crippen molar-refractivity contribution in [2.75, 3.05) is 20.2 Å². The maximum atomic E-state index is 12.6. The highest BCUT2D eigenvalue weighted by Gasteiger charge is 2.32. The van der Waals surface area contributed by atoms with Crippen LogP contribution in [0.4, 0.5) is 0 Å². The topological polar surface area (TPSA) is 49.8 Å². The van der Waals surface area contributed by atoms with E-state index in [1.54, 1.807) is 18.9 Å². The number of hydrogen-bond donors (Lipinski definition) is 1. The molecule has 1 atom stereocenters. The maximum absolute atomic E-state index is 12.6. The number of piperidine rings is 1. The number of ether oxygens (including phenoxy) is 1. The third kappa shape index (κ3) is 3.07. The molecule has 0 saturated carbocycles. The summed E-state index contributed by atoms with van der Waals surface area (Å²) in [6.07, 6.45) is 1.56. The molecule has 1 fully saturated rings. The van der Waals surface area contributed by atoms with Crippen LogP contribution in [0.15, 0.2) is 18.2 Å². The lowest BCUT2D eigenvalue weighted by Crippen LogP contribution is -2.48. The number of hydrogen-bond acceptors (Lipinski definition) is 3. The van der Waals surface area contributed by atoms with Crippen molar-refractivity contribution in [1.82, 2.24) is 4.90 Å². The summed E-state index contributed by atoms with van der Waals surface area (Å²) in [5.74, 6) is 0.515. The number of β-amino-alcohol motifs (C(OH)–C–C–N with tert-alkyl or cyclic N) is 1. The summed E-state index contributed by atoms with van der Waals surface area (Å²) in [7, 11) is 1.56. The predicted octanol–water partition coefficient (Wildman–Crippen LogP) is 1.99. The molecule has 1 aromatic carbocycles. The average Bonchev–Trinajstić information content (AvgIpc) is 2.36. The molecule has 0 radical (unpaired) electrons. The van der Waals surface area contributed by atoms with Gasteiger partial charge in [-0.1, -0.05) is 11.6 Å². The summed E-state index contributed by atoms with van der Waals surface area (Å²) < 4.78 is 5.25. The first-order valence-corrected chi connectivity index (χ1v) is 6.59. The van der Waals surface area contributed by atoms with Gasteiger partial charge in [-0.15, -0.1) is 0 Å². The number of carbonyl (C=O) groups is 1. The zero-order valence-corrected chi connectivity index (χ0v) is 11.8. The normalized spacial score (nSPS) is 23.3. The van der Waals surface area contributed by atoms with Gasteiger partial charge in [0.15, 0.2) is 0 Å². The number of rotatable bonds is 2. The van der Waals surface area contributed by atoms with Crippen molar-refractivity contribution in [3.8, 4) is 5.75 Å². The third-order valence-electron chi connectivity index (χ3n) is 3.55. The van der Waals surface area contributed by atoms with Gasteiger partial charge in [-0.3, -0.25) is 4.79 Å². The van der Waals surface area contributed by atoms with Crippen LogP contribution in [0.25, 0.3) is 0 Å². The van der Waals surface area contributed by atoms with Crippen LogP contribution in [-0.4, -0.2) is 41.7 Å². The third-order valence-corrected chi connectivity index (χ3v) is 3.55. The summed E-state index contributed by atoms with van der Waals surface area (Å²) in [5.41, 5.74) is 0.804. The highest BCUT2D eigenvalue weighted by atomic mass is 16.5. The standard InChI is InChI=1S/C15H21NO3/c1-11-5-6-13(19-3)12(9-11)14(17)16-8-4-7-15(2,18)10-16/h5-6,9,18H,4,7-8,10H2,1-3H3. The molecule has 0 aromatic heterocycles. The number of aliphatic hydroxyl groups is 1. The van der Waals surface area contributed by atoms with E-state index in [1.807, 2.05) is 25.1 Å². The van der Waals surface area contributed by atoms with Crippen LogP contribution in [0.5, 0.6) is 5.75 Å². The van der Waals surface area contributed by atoms with Crippen molar-refractivity contribution in [3.05, 3.63) is 29.3 Å². The Balaban J connectivity index is 2.26. The number of benzene rings is 1. The van der Waals surface area contributed by atoms with Crippen molar-refractivity contribution < 1.29 is 14.6 Å². The molecule has 104 valence electrons. The molecule has 1 saturated heterocycles. The number of amides is 1. The number of likely N-dealkylation sites (tertiary alicyclic amines) is 1. The van der Waals surface area contributed by atoms with Crippen LogP contribution in [-0.2, 0) is 0 Å². The number of carbonyl (C=O) groups excluding carboxylic acids is 1. The van der Waals surface area contributed by atoms with Gasteiger partial charge in [-0.05, 0) is 38.8 Å². The molecule has 19 heavy (non-hydrogen) atoms. The van der Waals surface area contributed by atoms with Gasteiger partial charge in [0.25, 0.3) is 5.91 Å². The monoisotopic (exact) mass is 263 g/mol. The zero-order chi connectivity index (χ0) is 14.0. The molecule has 1 heterocycles. The summed E-state index contributed by atoms with van der Waals surface area (Å²) in [6, 6.07) is 5.57. The van der Waals surface area contributed by atoms with Crippen molar-refractivity contribution >= 4 is 5.91 Å². The Kier molecular flexibility index (Phi) is 3.80. The fourth-order valence-electron chi connectivity index (χ4n) is 2.55. The van der Waals surface area contributed by atoms with Crippen LogP contribution in [0.2, 0.25) is 0 Å². The lowest BCUT2D eigenvalue weighted by Gasteiger charge is -2.37. The average molecular weight is 263 g/mol. The van der Waals surface area contributed by atoms with Gasteiger partial charge < -0.3 is 14.7 Å². The molecule has 1 unspecified atom stereocenters. The van der Waals surface area contributed by atoms with E-state index < -0.39 is 5.60 Å². The Hall–Kier alpha value is -1.55. The van der Waals surface area contributed by atoms with Gasteiger partial charge in [0.2, 0.25) is 0 Å². The first kappa shape index (κ1) is 13.9. The number of methoxy groups -OCH3 is 1. The molecular weight excluding hydrogens is 242 g/mol. The van der Waals surface area contributed by atoms with Gasteiger partial charge in [-0.2, -0.15) is 0 Å². The van der Waals surface area contributed by atoms with E-state index in [2.05, 4.69) is 0 Å². The lowest BCUT2D eigenvalue weighted by atomic mass is 9.94. The Bertz CT molecular complexity index is 482. The molecule has 0 aliphatic carbocycles. The molecule has 1 aliphatic heterocycles. The Labute approximate surface area is 114 Å². The molecule has 4 heteroatoms. The highest BCUT2D eigenvalue weighted by molar-refractivity contribution is 5.97. The fraction of sp³-hybridized carbons (Fsp3) is 0.533. The second-order valence-corrected chi connectivity index (χ2v) is 5.53. The second kappa shape index (κ2) is 5.21. The van der Waals surface area contributed by atoms with Gasteiger partial charge in [0, 0.05) is 13.1 Å². The van der Waals surface area contributed by atoms with Crippen LogP contribution >= 0.6 is 0 Å². The fourth-order valence-corrected chi connectivity index (χ4v) is 2.55. The summed E-state index contributed by atoms with van der Waals surface area (Å²) >= 11 is 0. The Morgan fingerprint density at radius 2 is 2.21 bits per heavy atom. The number of nitrogens with zero attached hydrogens (tertiary/aromatic N) is 1. The van der Waals surface area contributed by atoms with Gasteiger partial charge >= 0.3 is 0 Å². The molecule has 1 amide bonds. The minimum atomic E-state index is -0.787. The molecular formula is C15H21NO3. The molecule has 1 aliphatic rings. The first-order chi connectivity index (χ1) is 8.93. The molecule has 1 aromatic rings. The highest BCUT2D eigenvalue weighted by Crippen LogP contribution is 2.26. The smallest absolute Gasteiger partial charge is 0.257 e. The van der Waals surface area contributed by atoms with Crippen molar-refractivity contribution in [2.45, 2.75) is 32.3 Å². The largest absolute Gasteiger partial charge is 0.496 e. The quantitative estimate of drug-likeness (QED) is 0.887. The van der Waals surface area contributed by atoms with Crippen LogP contribution in [0.1, 0.15) is 35.7 Å². The van der Waals surface area contributed by atoms with Crippen LogP contribution in [0, 0.1) is 6.92 Å². The SMILES string of the molecule is COc1ccc(C)cc1C(=O)N1CCCC(C)(O)C1. The molecule has 0 spiro atoms. The zero-order valence-electron chi connectivity index (χ0n) is 11.8. The second-order valence-electron chi connectivity index (χ2n) is 5.53. The van der Waals surface area contributed by atoms with E-state index >= 15 is 0 Å². The Morgan fingerprint density at radius 3 is 2.84 bits per heavy atom. The lowest BCUT2D eigenvalue weighted by molar-refractivity contribution is -0.0108. The van der Waals surface area contributed by atoms with E-state index in [0.717, 1.165) is 18.4 Å². The number of aryl methyl sites for hydroxylation is 1. The molecule has 4 nitrogen and oxygen atoms in total. The minimum Gasteiger partial charge on any atom is -0.496 e.